The van der Waals surface area contributed by atoms with Gasteiger partial charge in [-0.25, -0.2) is 0 Å². The number of ether oxygens (including phenoxy) is 3. The van der Waals surface area contributed by atoms with E-state index in [9.17, 15) is 4.79 Å². The lowest BCUT2D eigenvalue weighted by Crippen LogP contribution is -2.38. The van der Waals surface area contributed by atoms with E-state index in [-0.39, 0.29) is 12.0 Å². The SMILES string of the molecule is COc1cccc2c(C(=O)NCC3CCCO3)nn(CCN3CCOCC3)c12. The summed E-state index contributed by atoms with van der Waals surface area (Å²) in [5.41, 5.74) is 1.30. The summed E-state index contributed by atoms with van der Waals surface area (Å²) in [7, 11) is 1.64. The van der Waals surface area contributed by atoms with E-state index in [1.165, 1.54) is 0 Å². The quantitative estimate of drug-likeness (QED) is 0.770. The molecule has 1 aromatic heterocycles. The first-order valence-corrected chi connectivity index (χ1v) is 9.99. The molecule has 4 rings (SSSR count). The molecule has 1 unspecified atom stereocenters. The van der Waals surface area contributed by atoms with E-state index in [1.807, 2.05) is 22.9 Å². The molecule has 2 aliphatic heterocycles. The van der Waals surface area contributed by atoms with Crippen LogP contribution in [0.25, 0.3) is 10.9 Å². The zero-order valence-corrected chi connectivity index (χ0v) is 16.4. The van der Waals surface area contributed by atoms with Crippen LogP contribution in [0.2, 0.25) is 0 Å². The minimum Gasteiger partial charge on any atom is -0.494 e. The van der Waals surface area contributed by atoms with Crippen LogP contribution in [0.4, 0.5) is 0 Å². The zero-order valence-electron chi connectivity index (χ0n) is 16.4. The molecular weight excluding hydrogens is 360 g/mol. The molecule has 0 radical (unpaired) electrons. The van der Waals surface area contributed by atoms with Crippen molar-refractivity contribution in [3.8, 4) is 5.75 Å². The van der Waals surface area contributed by atoms with E-state index in [2.05, 4.69) is 15.3 Å². The Labute approximate surface area is 164 Å². The highest BCUT2D eigenvalue weighted by molar-refractivity contribution is 6.06. The molecule has 8 nitrogen and oxygen atoms in total. The van der Waals surface area contributed by atoms with Gasteiger partial charge in [0.15, 0.2) is 5.69 Å². The molecule has 8 heteroatoms. The van der Waals surface area contributed by atoms with Crippen molar-refractivity contribution in [2.75, 3.05) is 53.1 Å². The number of hydrogen-bond acceptors (Lipinski definition) is 6. The van der Waals surface area contributed by atoms with Crippen molar-refractivity contribution in [2.24, 2.45) is 0 Å². The number of amides is 1. The smallest absolute Gasteiger partial charge is 0.272 e. The highest BCUT2D eigenvalue weighted by Crippen LogP contribution is 2.28. The Kier molecular flexibility index (Phi) is 6.09. The third-order valence-corrected chi connectivity index (χ3v) is 5.41. The monoisotopic (exact) mass is 388 g/mol. The Morgan fingerprint density at radius 3 is 2.89 bits per heavy atom. The Morgan fingerprint density at radius 1 is 1.29 bits per heavy atom. The van der Waals surface area contributed by atoms with Crippen molar-refractivity contribution in [1.82, 2.24) is 20.0 Å². The van der Waals surface area contributed by atoms with Gasteiger partial charge in [-0.15, -0.1) is 0 Å². The number of para-hydroxylation sites is 1. The van der Waals surface area contributed by atoms with Crippen molar-refractivity contribution in [3.63, 3.8) is 0 Å². The van der Waals surface area contributed by atoms with Gasteiger partial charge in [0.1, 0.15) is 11.3 Å². The predicted octanol–water partition coefficient (Wildman–Crippen LogP) is 1.29. The number of fused-ring (bicyclic) bond motifs is 1. The predicted molar refractivity (Wildman–Crippen MR) is 105 cm³/mol. The molecule has 0 bridgehead atoms. The molecule has 2 aliphatic rings. The Morgan fingerprint density at radius 2 is 2.14 bits per heavy atom. The van der Waals surface area contributed by atoms with Gasteiger partial charge in [0.05, 0.1) is 33.0 Å². The highest BCUT2D eigenvalue weighted by atomic mass is 16.5. The molecule has 3 heterocycles. The second kappa shape index (κ2) is 8.89. The molecule has 0 saturated carbocycles. The zero-order chi connectivity index (χ0) is 19.3. The van der Waals surface area contributed by atoms with Gasteiger partial charge in [0.2, 0.25) is 0 Å². The van der Waals surface area contributed by atoms with Crippen LogP contribution in [0.1, 0.15) is 23.3 Å². The second-order valence-corrected chi connectivity index (χ2v) is 7.23. The van der Waals surface area contributed by atoms with Crippen LogP contribution in [0.5, 0.6) is 5.75 Å². The number of hydrogen-bond donors (Lipinski definition) is 1. The summed E-state index contributed by atoms with van der Waals surface area (Å²) in [6.07, 6.45) is 2.15. The number of morpholine rings is 1. The molecular formula is C20H28N4O4. The maximum atomic E-state index is 12.8. The topological polar surface area (TPSA) is 77.8 Å². The molecule has 2 saturated heterocycles. The molecule has 0 spiro atoms. The van der Waals surface area contributed by atoms with Gasteiger partial charge in [0, 0.05) is 38.2 Å². The Balaban J connectivity index is 1.54. The summed E-state index contributed by atoms with van der Waals surface area (Å²) >= 11 is 0. The number of nitrogens with one attached hydrogen (secondary N) is 1. The molecule has 152 valence electrons. The first-order valence-electron chi connectivity index (χ1n) is 9.99. The van der Waals surface area contributed by atoms with Gasteiger partial charge in [-0.3, -0.25) is 14.4 Å². The molecule has 28 heavy (non-hydrogen) atoms. The van der Waals surface area contributed by atoms with Crippen LogP contribution < -0.4 is 10.1 Å². The van der Waals surface area contributed by atoms with Crippen LogP contribution in [-0.4, -0.2) is 79.8 Å². The number of methoxy groups -OCH3 is 1. The average Bonchev–Trinajstić information content (AvgIpc) is 3.39. The van der Waals surface area contributed by atoms with Crippen LogP contribution in [0.15, 0.2) is 18.2 Å². The minimum atomic E-state index is -0.168. The standard InChI is InChI=1S/C20H28N4O4/c1-26-17-6-2-5-16-18(20(25)21-14-15-4-3-11-28-15)22-24(19(16)17)8-7-23-9-12-27-13-10-23/h2,5-6,15H,3-4,7-14H2,1H3,(H,21,25). The second-order valence-electron chi connectivity index (χ2n) is 7.23. The number of carbonyl (C=O) groups is 1. The third kappa shape index (κ3) is 4.14. The Hall–Kier alpha value is -2.16. The summed E-state index contributed by atoms with van der Waals surface area (Å²) in [6.45, 7) is 6.21. The highest BCUT2D eigenvalue weighted by Gasteiger charge is 2.22. The van der Waals surface area contributed by atoms with Crippen LogP contribution in [0.3, 0.4) is 0 Å². The fraction of sp³-hybridized carbons (Fsp3) is 0.600. The van der Waals surface area contributed by atoms with E-state index in [1.54, 1.807) is 7.11 Å². The van der Waals surface area contributed by atoms with Crippen LogP contribution in [0, 0.1) is 0 Å². The van der Waals surface area contributed by atoms with E-state index in [0.717, 1.165) is 68.9 Å². The lowest BCUT2D eigenvalue weighted by Gasteiger charge is -2.26. The number of aromatic nitrogens is 2. The van der Waals surface area contributed by atoms with Gasteiger partial charge in [0.25, 0.3) is 5.91 Å². The van der Waals surface area contributed by atoms with Gasteiger partial charge in [-0.05, 0) is 18.9 Å². The van der Waals surface area contributed by atoms with E-state index < -0.39 is 0 Å². The number of nitrogens with zero attached hydrogens (tertiary/aromatic N) is 3. The van der Waals surface area contributed by atoms with E-state index in [0.29, 0.717) is 18.8 Å². The van der Waals surface area contributed by atoms with Crippen LogP contribution in [-0.2, 0) is 16.0 Å². The summed E-state index contributed by atoms with van der Waals surface area (Å²) in [6, 6.07) is 5.73. The first-order chi connectivity index (χ1) is 13.8. The number of carbonyl (C=O) groups excluding carboxylic acids is 1. The van der Waals surface area contributed by atoms with Gasteiger partial charge < -0.3 is 19.5 Å². The summed E-state index contributed by atoms with van der Waals surface area (Å²) in [4.78, 5) is 15.2. The Bertz CT molecular complexity index is 810. The van der Waals surface area contributed by atoms with Crippen molar-refractivity contribution in [2.45, 2.75) is 25.5 Å². The normalized spacial score (nSPS) is 20.5. The molecule has 1 amide bonds. The lowest BCUT2D eigenvalue weighted by atomic mass is 10.2. The van der Waals surface area contributed by atoms with Gasteiger partial charge >= 0.3 is 0 Å². The van der Waals surface area contributed by atoms with Crippen molar-refractivity contribution in [3.05, 3.63) is 23.9 Å². The number of benzene rings is 1. The molecule has 1 N–H and O–H groups in total. The molecule has 2 aromatic rings. The van der Waals surface area contributed by atoms with Crippen molar-refractivity contribution in [1.29, 1.82) is 0 Å². The van der Waals surface area contributed by atoms with Gasteiger partial charge in [-0.1, -0.05) is 12.1 Å². The average molecular weight is 388 g/mol. The lowest BCUT2D eigenvalue weighted by molar-refractivity contribution is 0.0361. The minimum absolute atomic E-state index is 0.105. The summed E-state index contributed by atoms with van der Waals surface area (Å²) in [5, 5.41) is 8.45. The summed E-state index contributed by atoms with van der Waals surface area (Å²) in [5.74, 6) is 0.559. The van der Waals surface area contributed by atoms with Crippen molar-refractivity contribution >= 4 is 16.8 Å². The van der Waals surface area contributed by atoms with Gasteiger partial charge in [-0.2, -0.15) is 5.10 Å². The molecule has 2 fully saturated rings. The fourth-order valence-corrected chi connectivity index (χ4v) is 3.85. The molecule has 1 atom stereocenters. The maximum Gasteiger partial charge on any atom is 0.272 e. The fourth-order valence-electron chi connectivity index (χ4n) is 3.85. The summed E-state index contributed by atoms with van der Waals surface area (Å²) < 4.78 is 18.5. The molecule has 0 aliphatic carbocycles. The van der Waals surface area contributed by atoms with E-state index >= 15 is 0 Å². The third-order valence-electron chi connectivity index (χ3n) is 5.41. The maximum absolute atomic E-state index is 12.8. The first kappa shape index (κ1) is 19.2. The number of rotatable bonds is 7. The largest absolute Gasteiger partial charge is 0.494 e. The van der Waals surface area contributed by atoms with E-state index in [4.69, 9.17) is 14.2 Å². The van der Waals surface area contributed by atoms with Crippen LogP contribution >= 0.6 is 0 Å². The molecule has 1 aromatic carbocycles. The van der Waals surface area contributed by atoms with Crippen molar-refractivity contribution < 1.29 is 19.0 Å².